The number of aromatic nitrogens is 1. The molecule has 0 saturated carbocycles. The van der Waals surface area contributed by atoms with Gasteiger partial charge in [0.05, 0.1) is 0 Å². The van der Waals surface area contributed by atoms with Gasteiger partial charge in [0.25, 0.3) is 5.91 Å². The van der Waals surface area contributed by atoms with Gasteiger partial charge in [-0.1, -0.05) is 42.5 Å². The number of nitrogens with zero attached hydrogens (tertiary/aromatic N) is 1. The summed E-state index contributed by atoms with van der Waals surface area (Å²) in [5, 5.41) is 2.70. The van der Waals surface area contributed by atoms with Crippen LogP contribution in [0.1, 0.15) is 16.1 Å². The summed E-state index contributed by atoms with van der Waals surface area (Å²) in [7, 11) is 0. The van der Waals surface area contributed by atoms with Crippen LogP contribution in [-0.2, 0) is 6.42 Å². The van der Waals surface area contributed by atoms with Gasteiger partial charge in [0, 0.05) is 23.9 Å². The third-order valence-electron chi connectivity index (χ3n) is 3.82. The fourth-order valence-corrected chi connectivity index (χ4v) is 2.49. The molecule has 25 heavy (non-hydrogen) atoms. The van der Waals surface area contributed by atoms with Crippen LogP contribution in [0, 0.1) is 11.6 Å². The van der Waals surface area contributed by atoms with E-state index in [0.717, 1.165) is 0 Å². The summed E-state index contributed by atoms with van der Waals surface area (Å²) in [6.07, 6.45) is 1.86. The second-order valence-electron chi connectivity index (χ2n) is 5.51. The van der Waals surface area contributed by atoms with Crippen LogP contribution in [0.25, 0.3) is 11.1 Å². The fourth-order valence-electron chi connectivity index (χ4n) is 2.49. The van der Waals surface area contributed by atoms with Crippen LogP contribution in [0.5, 0.6) is 0 Å². The highest BCUT2D eigenvalue weighted by Gasteiger charge is 2.09. The summed E-state index contributed by atoms with van der Waals surface area (Å²) in [6, 6.07) is 16.0. The summed E-state index contributed by atoms with van der Waals surface area (Å²) < 4.78 is 27.3. The number of rotatable bonds is 5. The van der Waals surface area contributed by atoms with E-state index in [1.807, 2.05) is 0 Å². The summed E-state index contributed by atoms with van der Waals surface area (Å²) in [5.74, 6) is -0.980. The Morgan fingerprint density at radius 3 is 2.32 bits per heavy atom. The number of hydrogen-bond acceptors (Lipinski definition) is 2. The van der Waals surface area contributed by atoms with E-state index in [2.05, 4.69) is 10.3 Å². The average molecular weight is 338 g/mol. The summed E-state index contributed by atoms with van der Waals surface area (Å²) in [5.41, 5.74) is 1.81. The molecule has 2 aromatic carbocycles. The summed E-state index contributed by atoms with van der Waals surface area (Å²) in [6.45, 7) is 0.302. The second kappa shape index (κ2) is 7.66. The average Bonchev–Trinajstić information content (AvgIpc) is 2.64. The number of amides is 1. The van der Waals surface area contributed by atoms with E-state index in [4.69, 9.17) is 0 Å². The Bertz CT molecular complexity index is 879. The number of nitrogens with one attached hydrogen (secondary N) is 1. The monoisotopic (exact) mass is 338 g/mol. The zero-order chi connectivity index (χ0) is 17.6. The van der Waals surface area contributed by atoms with Crippen molar-refractivity contribution in [3.05, 3.63) is 89.8 Å². The highest BCUT2D eigenvalue weighted by molar-refractivity contribution is 5.92. The number of pyridine rings is 1. The molecule has 0 aliphatic rings. The van der Waals surface area contributed by atoms with Gasteiger partial charge in [-0.2, -0.15) is 0 Å². The smallest absolute Gasteiger partial charge is 0.269 e. The molecule has 5 heteroatoms. The fraction of sp³-hybridized carbons (Fsp3) is 0.100. The quantitative estimate of drug-likeness (QED) is 0.764. The lowest BCUT2D eigenvalue weighted by Crippen LogP contribution is -2.26. The molecule has 3 rings (SSSR count). The Labute approximate surface area is 144 Å². The molecular formula is C20H16F2N2O. The Balaban J connectivity index is 1.61. The van der Waals surface area contributed by atoms with Gasteiger partial charge in [-0.15, -0.1) is 0 Å². The number of carbonyl (C=O) groups excluding carboxylic acids is 1. The molecule has 1 N–H and O–H groups in total. The second-order valence-corrected chi connectivity index (χ2v) is 5.51. The normalized spacial score (nSPS) is 10.5. The van der Waals surface area contributed by atoms with Crippen molar-refractivity contribution in [3.8, 4) is 11.1 Å². The molecule has 126 valence electrons. The van der Waals surface area contributed by atoms with Crippen molar-refractivity contribution < 1.29 is 13.6 Å². The first-order valence-corrected chi connectivity index (χ1v) is 7.88. The Hall–Kier alpha value is -3.08. The van der Waals surface area contributed by atoms with Gasteiger partial charge in [-0.05, 0) is 30.2 Å². The van der Waals surface area contributed by atoms with E-state index in [-0.39, 0.29) is 23.2 Å². The van der Waals surface area contributed by atoms with Crippen LogP contribution in [0.2, 0.25) is 0 Å². The van der Waals surface area contributed by atoms with Gasteiger partial charge in [0.15, 0.2) is 0 Å². The van der Waals surface area contributed by atoms with Gasteiger partial charge < -0.3 is 5.32 Å². The number of carbonyl (C=O) groups is 1. The van der Waals surface area contributed by atoms with Crippen LogP contribution in [0.4, 0.5) is 8.78 Å². The zero-order valence-electron chi connectivity index (χ0n) is 13.4. The third kappa shape index (κ3) is 4.07. The third-order valence-corrected chi connectivity index (χ3v) is 3.82. The summed E-state index contributed by atoms with van der Waals surface area (Å²) >= 11 is 0. The molecule has 0 unspecified atom stereocenters. The van der Waals surface area contributed by atoms with E-state index in [0.29, 0.717) is 29.7 Å². The molecule has 1 aromatic heterocycles. The van der Waals surface area contributed by atoms with E-state index < -0.39 is 0 Å². The molecule has 0 bridgehead atoms. The van der Waals surface area contributed by atoms with E-state index in [9.17, 15) is 13.6 Å². The van der Waals surface area contributed by atoms with Gasteiger partial charge in [-0.25, -0.2) is 8.78 Å². The Morgan fingerprint density at radius 2 is 1.64 bits per heavy atom. The molecular weight excluding hydrogens is 322 g/mol. The number of hydrogen-bond donors (Lipinski definition) is 1. The van der Waals surface area contributed by atoms with Crippen LogP contribution in [0.15, 0.2) is 66.9 Å². The van der Waals surface area contributed by atoms with Crippen molar-refractivity contribution in [2.24, 2.45) is 0 Å². The van der Waals surface area contributed by atoms with Crippen LogP contribution < -0.4 is 5.32 Å². The van der Waals surface area contributed by atoms with Crippen molar-refractivity contribution in [3.63, 3.8) is 0 Å². The van der Waals surface area contributed by atoms with Gasteiger partial charge in [0.2, 0.25) is 0 Å². The van der Waals surface area contributed by atoms with Crippen molar-refractivity contribution in [1.29, 1.82) is 0 Å². The molecule has 1 heterocycles. The first-order valence-electron chi connectivity index (χ1n) is 7.88. The molecule has 0 aliphatic heterocycles. The lowest BCUT2D eigenvalue weighted by molar-refractivity contribution is 0.0949. The molecule has 0 aliphatic carbocycles. The maximum absolute atomic E-state index is 13.8. The van der Waals surface area contributed by atoms with Gasteiger partial charge in [-0.3, -0.25) is 9.78 Å². The number of halogens is 2. The first kappa shape index (κ1) is 16.8. The van der Waals surface area contributed by atoms with E-state index in [1.54, 1.807) is 48.5 Å². The minimum absolute atomic E-state index is 0.230. The molecule has 0 radical (unpaired) electrons. The predicted molar refractivity (Wildman–Crippen MR) is 92.1 cm³/mol. The van der Waals surface area contributed by atoms with Crippen LogP contribution >= 0.6 is 0 Å². The van der Waals surface area contributed by atoms with Crippen molar-refractivity contribution in [1.82, 2.24) is 10.3 Å². The molecule has 0 saturated heterocycles. The standard InChI is InChI=1S/C20H16F2N2O/c21-17-7-3-1-5-14(17)11-12-23-20(25)19-10-9-15(13-24-19)16-6-2-4-8-18(16)22/h1-10,13H,11-12H2,(H,23,25). The molecule has 0 atom stereocenters. The summed E-state index contributed by atoms with van der Waals surface area (Å²) in [4.78, 5) is 16.2. The van der Waals surface area contributed by atoms with Gasteiger partial charge in [0.1, 0.15) is 17.3 Å². The van der Waals surface area contributed by atoms with E-state index in [1.165, 1.54) is 18.3 Å². The minimum Gasteiger partial charge on any atom is -0.350 e. The van der Waals surface area contributed by atoms with Crippen LogP contribution in [0.3, 0.4) is 0 Å². The molecule has 1 amide bonds. The zero-order valence-corrected chi connectivity index (χ0v) is 13.4. The van der Waals surface area contributed by atoms with Crippen molar-refractivity contribution in [2.75, 3.05) is 6.54 Å². The largest absolute Gasteiger partial charge is 0.350 e. The molecule has 0 fully saturated rings. The maximum Gasteiger partial charge on any atom is 0.269 e. The molecule has 3 nitrogen and oxygen atoms in total. The highest BCUT2D eigenvalue weighted by atomic mass is 19.1. The first-order chi connectivity index (χ1) is 12.1. The maximum atomic E-state index is 13.8. The Morgan fingerprint density at radius 1 is 0.920 bits per heavy atom. The van der Waals surface area contributed by atoms with Crippen molar-refractivity contribution in [2.45, 2.75) is 6.42 Å². The molecule has 0 spiro atoms. The SMILES string of the molecule is O=C(NCCc1ccccc1F)c1ccc(-c2ccccc2F)cn1. The predicted octanol–water partition coefficient (Wildman–Crippen LogP) is 4.00. The topological polar surface area (TPSA) is 42.0 Å². The van der Waals surface area contributed by atoms with E-state index >= 15 is 0 Å². The Kier molecular flexibility index (Phi) is 5.14. The highest BCUT2D eigenvalue weighted by Crippen LogP contribution is 2.21. The number of benzene rings is 2. The lowest BCUT2D eigenvalue weighted by Gasteiger charge is -2.07. The lowest BCUT2D eigenvalue weighted by atomic mass is 10.1. The van der Waals surface area contributed by atoms with Crippen LogP contribution in [-0.4, -0.2) is 17.4 Å². The minimum atomic E-state index is -0.351. The van der Waals surface area contributed by atoms with Crippen molar-refractivity contribution >= 4 is 5.91 Å². The van der Waals surface area contributed by atoms with Gasteiger partial charge >= 0.3 is 0 Å². The molecule has 3 aromatic rings.